The van der Waals surface area contributed by atoms with Crippen LogP contribution in [0.3, 0.4) is 0 Å². The van der Waals surface area contributed by atoms with Gasteiger partial charge in [-0.05, 0) is 31.0 Å². The molecule has 3 rings (SSSR count). The lowest BCUT2D eigenvalue weighted by Gasteiger charge is -2.08. The van der Waals surface area contributed by atoms with Gasteiger partial charge in [0.1, 0.15) is 5.69 Å². The third-order valence-corrected chi connectivity index (χ3v) is 4.64. The molecule has 1 amide bonds. The van der Waals surface area contributed by atoms with Crippen molar-refractivity contribution >= 4 is 29.0 Å². The first kappa shape index (κ1) is 18.6. The summed E-state index contributed by atoms with van der Waals surface area (Å²) in [5.41, 5.74) is 2.49. The van der Waals surface area contributed by atoms with Crippen molar-refractivity contribution in [3.05, 3.63) is 63.7 Å². The number of anilines is 1. The molecule has 3 aromatic rings. The molecule has 9 heteroatoms. The number of aromatic nitrogens is 2. The lowest BCUT2D eigenvalue weighted by Crippen LogP contribution is -2.16. The fraction of sp³-hybridized carbons (Fsp3) is 0.167. The molecule has 0 bridgehead atoms. The quantitative estimate of drug-likeness (QED) is 0.388. The van der Waals surface area contributed by atoms with Gasteiger partial charge in [0.15, 0.2) is 0 Å². The number of hydrogen-bond acceptors (Lipinski definition) is 7. The average molecular weight is 384 g/mol. The molecule has 0 radical (unpaired) electrons. The largest absolute Gasteiger partial charge is 0.411 e. The van der Waals surface area contributed by atoms with Crippen LogP contribution in [0.15, 0.2) is 52.1 Å². The molecule has 0 aliphatic carbocycles. The first-order valence-corrected chi connectivity index (χ1v) is 9.00. The fourth-order valence-corrected chi connectivity index (χ4v) is 3.02. The van der Waals surface area contributed by atoms with E-state index in [2.05, 4.69) is 15.5 Å². The number of para-hydroxylation sites is 1. The summed E-state index contributed by atoms with van der Waals surface area (Å²) in [7, 11) is 0. The second kappa shape index (κ2) is 8.00. The summed E-state index contributed by atoms with van der Waals surface area (Å²) in [6.07, 6.45) is 0. The number of nitrogens with one attached hydrogen (secondary N) is 1. The van der Waals surface area contributed by atoms with E-state index in [1.165, 1.54) is 6.07 Å². The van der Waals surface area contributed by atoms with Crippen LogP contribution in [0.4, 0.5) is 11.4 Å². The zero-order chi connectivity index (χ0) is 19.4. The van der Waals surface area contributed by atoms with Gasteiger partial charge in [0.2, 0.25) is 11.8 Å². The van der Waals surface area contributed by atoms with Crippen molar-refractivity contribution in [3.63, 3.8) is 0 Å². The Morgan fingerprint density at radius 1 is 1.15 bits per heavy atom. The molecule has 27 heavy (non-hydrogen) atoms. The number of thioether (sulfide) groups is 1. The fourth-order valence-electron chi connectivity index (χ4n) is 2.46. The SMILES string of the molecule is Cc1ccccc1-c1nnc(SCC(=O)Nc2c(C)cccc2[N+](=O)[O-])o1. The second-order valence-corrected chi connectivity index (χ2v) is 6.68. The predicted octanol–water partition coefficient (Wildman–Crippen LogP) is 3.99. The minimum absolute atomic E-state index is 0.0130. The van der Waals surface area contributed by atoms with Crippen molar-refractivity contribution < 1.29 is 14.1 Å². The number of benzene rings is 2. The summed E-state index contributed by atoms with van der Waals surface area (Å²) in [5, 5.41) is 21.9. The van der Waals surface area contributed by atoms with Gasteiger partial charge in [-0.2, -0.15) is 0 Å². The van der Waals surface area contributed by atoms with Crippen molar-refractivity contribution in [2.75, 3.05) is 11.1 Å². The molecule has 0 spiro atoms. The van der Waals surface area contributed by atoms with Crippen LogP contribution in [0.1, 0.15) is 11.1 Å². The van der Waals surface area contributed by atoms with E-state index in [1.807, 2.05) is 31.2 Å². The molecule has 0 unspecified atom stereocenters. The average Bonchev–Trinajstić information content (AvgIpc) is 3.10. The molecule has 1 N–H and O–H groups in total. The van der Waals surface area contributed by atoms with Crippen LogP contribution in [0.2, 0.25) is 0 Å². The van der Waals surface area contributed by atoms with Crippen molar-refractivity contribution in [2.24, 2.45) is 0 Å². The van der Waals surface area contributed by atoms with Crippen LogP contribution < -0.4 is 5.32 Å². The van der Waals surface area contributed by atoms with Crippen molar-refractivity contribution in [3.8, 4) is 11.5 Å². The van der Waals surface area contributed by atoms with Crippen LogP contribution in [-0.4, -0.2) is 26.8 Å². The number of carbonyl (C=O) groups excluding carboxylic acids is 1. The Balaban J connectivity index is 1.66. The van der Waals surface area contributed by atoms with Crippen LogP contribution in [0, 0.1) is 24.0 Å². The lowest BCUT2D eigenvalue weighted by molar-refractivity contribution is -0.384. The van der Waals surface area contributed by atoms with Gasteiger partial charge in [0, 0.05) is 11.6 Å². The Morgan fingerprint density at radius 2 is 1.89 bits per heavy atom. The Bertz CT molecular complexity index is 1000. The van der Waals surface area contributed by atoms with Crippen LogP contribution in [0.5, 0.6) is 0 Å². The van der Waals surface area contributed by atoms with E-state index in [0.29, 0.717) is 11.5 Å². The predicted molar refractivity (Wildman–Crippen MR) is 102 cm³/mol. The first-order valence-electron chi connectivity index (χ1n) is 8.02. The minimum atomic E-state index is -0.526. The van der Waals surface area contributed by atoms with Gasteiger partial charge in [-0.1, -0.05) is 42.1 Å². The standard InChI is InChI=1S/C18H16N4O4S/c1-11-6-3-4-8-13(11)17-20-21-18(26-17)27-10-15(23)19-16-12(2)7-5-9-14(16)22(24)25/h3-9H,10H2,1-2H3,(H,19,23). The third kappa shape index (κ3) is 4.32. The summed E-state index contributed by atoms with van der Waals surface area (Å²) in [4.78, 5) is 22.8. The smallest absolute Gasteiger partial charge is 0.293 e. The highest BCUT2D eigenvalue weighted by atomic mass is 32.2. The van der Waals surface area contributed by atoms with E-state index >= 15 is 0 Å². The van der Waals surface area contributed by atoms with Gasteiger partial charge in [-0.15, -0.1) is 10.2 Å². The molecule has 0 saturated carbocycles. The molecule has 2 aromatic carbocycles. The van der Waals surface area contributed by atoms with Crippen molar-refractivity contribution in [2.45, 2.75) is 19.1 Å². The van der Waals surface area contributed by atoms with Gasteiger partial charge in [-0.3, -0.25) is 14.9 Å². The second-order valence-electron chi connectivity index (χ2n) is 5.75. The van der Waals surface area contributed by atoms with Crippen LogP contribution >= 0.6 is 11.8 Å². The van der Waals surface area contributed by atoms with E-state index in [-0.39, 0.29) is 22.4 Å². The first-order chi connectivity index (χ1) is 13.0. The minimum Gasteiger partial charge on any atom is -0.411 e. The number of amides is 1. The molecular formula is C18H16N4O4S. The van der Waals surface area contributed by atoms with E-state index < -0.39 is 10.8 Å². The highest BCUT2D eigenvalue weighted by Gasteiger charge is 2.18. The Morgan fingerprint density at radius 3 is 2.63 bits per heavy atom. The maximum atomic E-state index is 12.2. The topological polar surface area (TPSA) is 111 Å². The van der Waals surface area contributed by atoms with E-state index in [9.17, 15) is 14.9 Å². The summed E-state index contributed by atoms with van der Waals surface area (Å²) < 4.78 is 5.59. The molecule has 0 aliphatic heterocycles. The molecule has 138 valence electrons. The zero-order valence-electron chi connectivity index (χ0n) is 14.6. The summed E-state index contributed by atoms with van der Waals surface area (Å²) in [6.45, 7) is 3.64. The molecule has 0 saturated heterocycles. The summed E-state index contributed by atoms with van der Waals surface area (Å²) in [5.74, 6) is -0.0282. The number of carbonyl (C=O) groups is 1. The van der Waals surface area contributed by atoms with E-state index in [4.69, 9.17) is 4.42 Å². The molecule has 8 nitrogen and oxygen atoms in total. The number of nitro groups is 1. The number of rotatable bonds is 6. The van der Waals surface area contributed by atoms with Gasteiger partial charge in [0.05, 0.1) is 10.7 Å². The van der Waals surface area contributed by atoms with Gasteiger partial charge >= 0.3 is 0 Å². The summed E-state index contributed by atoms with van der Waals surface area (Å²) in [6, 6.07) is 12.2. The molecule has 0 aliphatic rings. The highest BCUT2D eigenvalue weighted by Crippen LogP contribution is 2.29. The molecular weight excluding hydrogens is 368 g/mol. The van der Waals surface area contributed by atoms with E-state index in [0.717, 1.165) is 22.9 Å². The highest BCUT2D eigenvalue weighted by molar-refractivity contribution is 7.99. The van der Waals surface area contributed by atoms with Crippen LogP contribution in [-0.2, 0) is 4.79 Å². The molecule has 1 heterocycles. The number of nitrogens with zero attached hydrogens (tertiary/aromatic N) is 3. The Labute approximate surface area is 159 Å². The van der Waals surface area contributed by atoms with E-state index in [1.54, 1.807) is 19.1 Å². The monoisotopic (exact) mass is 384 g/mol. The zero-order valence-corrected chi connectivity index (χ0v) is 15.4. The number of nitro benzene ring substituents is 1. The molecule has 0 atom stereocenters. The molecule has 1 aromatic heterocycles. The Hall–Kier alpha value is -3.20. The van der Waals surface area contributed by atoms with Gasteiger partial charge in [-0.25, -0.2) is 0 Å². The molecule has 0 fully saturated rings. The van der Waals surface area contributed by atoms with Crippen molar-refractivity contribution in [1.82, 2.24) is 10.2 Å². The van der Waals surface area contributed by atoms with Gasteiger partial charge < -0.3 is 9.73 Å². The number of aryl methyl sites for hydroxylation is 2. The normalized spacial score (nSPS) is 10.6. The van der Waals surface area contributed by atoms with Crippen LogP contribution in [0.25, 0.3) is 11.5 Å². The third-order valence-electron chi connectivity index (χ3n) is 3.82. The maximum Gasteiger partial charge on any atom is 0.293 e. The Kier molecular flexibility index (Phi) is 5.51. The van der Waals surface area contributed by atoms with Crippen molar-refractivity contribution in [1.29, 1.82) is 0 Å². The van der Waals surface area contributed by atoms with Gasteiger partial charge in [0.25, 0.3) is 10.9 Å². The lowest BCUT2D eigenvalue weighted by atomic mass is 10.1. The summed E-state index contributed by atoms with van der Waals surface area (Å²) >= 11 is 1.07. The number of hydrogen-bond donors (Lipinski definition) is 1. The maximum absolute atomic E-state index is 12.2.